The molecule has 0 radical (unpaired) electrons. The normalized spacial score (nSPS) is 9.93. The monoisotopic (exact) mass is 191 g/mol. The van der Waals surface area contributed by atoms with Crippen LogP contribution >= 0.6 is 0 Å². The van der Waals surface area contributed by atoms with E-state index in [1.807, 2.05) is 13.8 Å². The number of carbonyl (C=O) groups is 1. The fourth-order valence-electron chi connectivity index (χ4n) is 1.10. The Hall–Kier alpha value is -1.64. The van der Waals surface area contributed by atoms with E-state index in [2.05, 4.69) is 0 Å². The molecule has 1 rings (SSSR count). The summed E-state index contributed by atoms with van der Waals surface area (Å²) in [4.78, 5) is 11.3. The van der Waals surface area contributed by atoms with Gasteiger partial charge in [0.2, 0.25) is 5.78 Å². The lowest BCUT2D eigenvalue weighted by atomic mass is 10.1. The molecule has 1 aromatic carbocycles. The molecule has 0 unspecified atom stereocenters. The van der Waals surface area contributed by atoms with E-state index in [9.17, 15) is 4.79 Å². The second kappa shape index (κ2) is 4.56. The second-order valence-electron chi connectivity index (χ2n) is 3.17. The molecule has 3 heteroatoms. The molecule has 0 fully saturated rings. The van der Waals surface area contributed by atoms with E-state index in [0.717, 1.165) is 6.21 Å². The van der Waals surface area contributed by atoms with Gasteiger partial charge in [-0.05, 0) is 26.0 Å². The molecule has 0 atom stereocenters. The van der Waals surface area contributed by atoms with Crippen molar-refractivity contribution in [2.75, 3.05) is 0 Å². The standard InChI is InChI=1S/C11H13NO2/c1-8(2)14-11-6-4-3-5-9(11)10(13)7-12/h3-8,12H,1-2H3. The van der Waals surface area contributed by atoms with Gasteiger partial charge in [0.25, 0.3) is 0 Å². The number of rotatable bonds is 4. The highest BCUT2D eigenvalue weighted by atomic mass is 16.5. The van der Waals surface area contributed by atoms with Crippen molar-refractivity contribution in [1.29, 1.82) is 5.41 Å². The summed E-state index contributed by atoms with van der Waals surface area (Å²) in [5.41, 5.74) is 0.441. The van der Waals surface area contributed by atoms with Crippen LogP contribution in [-0.4, -0.2) is 18.1 Å². The molecule has 14 heavy (non-hydrogen) atoms. The third-order valence-electron chi connectivity index (χ3n) is 1.65. The highest BCUT2D eigenvalue weighted by Crippen LogP contribution is 2.19. The zero-order valence-electron chi connectivity index (χ0n) is 8.28. The van der Waals surface area contributed by atoms with Crippen molar-refractivity contribution < 1.29 is 9.53 Å². The zero-order chi connectivity index (χ0) is 10.6. The summed E-state index contributed by atoms with van der Waals surface area (Å²) in [7, 11) is 0. The van der Waals surface area contributed by atoms with Crippen molar-refractivity contribution in [1.82, 2.24) is 0 Å². The first-order chi connectivity index (χ1) is 6.65. The van der Waals surface area contributed by atoms with E-state index in [4.69, 9.17) is 10.1 Å². The lowest BCUT2D eigenvalue weighted by Gasteiger charge is -2.11. The molecular weight excluding hydrogens is 178 g/mol. The van der Waals surface area contributed by atoms with E-state index in [1.165, 1.54) is 0 Å². The summed E-state index contributed by atoms with van der Waals surface area (Å²) in [6.07, 6.45) is 0.817. The maximum Gasteiger partial charge on any atom is 0.206 e. The molecule has 0 heterocycles. The predicted octanol–water partition coefficient (Wildman–Crippen LogP) is 2.31. The van der Waals surface area contributed by atoms with Crippen LogP contribution in [0.1, 0.15) is 24.2 Å². The minimum absolute atomic E-state index is 0.0229. The Labute approximate surface area is 83.2 Å². The molecule has 3 nitrogen and oxygen atoms in total. The number of hydrogen-bond donors (Lipinski definition) is 1. The number of Topliss-reactive ketones (excluding diaryl/α,β-unsaturated/α-hetero) is 1. The van der Waals surface area contributed by atoms with Gasteiger partial charge in [-0.2, -0.15) is 0 Å². The average Bonchev–Trinajstić information content (AvgIpc) is 2.16. The van der Waals surface area contributed by atoms with Crippen LogP contribution in [0.2, 0.25) is 0 Å². The maximum atomic E-state index is 11.3. The topological polar surface area (TPSA) is 50.2 Å². The molecule has 0 aromatic heterocycles. The van der Waals surface area contributed by atoms with Crippen molar-refractivity contribution in [3.8, 4) is 5.75 Å². The first kappa shape index (κ1) is 10.4. The molecule has 0 aliphatic heterocycles. The van der Waals surface area contributed by atoms with E-state index >= 15 is 0 Å². The van der Waals surface area contributed by atoms with Gasteiger partial charge < -0.3 is 10.1 Å². The van der Waals surface area contributed by atoms with Crippen LogP contribution < -0.4 is 4.74 Å². The van der Waals surface area contributed by atoms with Crippen molar-refractivity contribution in [3.05, 3.63) is 29.8 Å². The Bertz CT molecular complexity index is 345. The maximum absolute atomic E-state index is 11.3. The Balaban J connectivity index is 3.02. The van der Waals surface area contributed by atoms with E-state index in [0.29, 0.717) is 11.3 Å². The van der Waals surface area contributed by atoms with Gasteiger partial charge in [-0.1, -0.05) is 12.1 Å². The summed E-state index contributed by atoms with van der Waals surface area (Å²) < 4.78 is 5.44. The minimum Gasteiger partial charge on any atom is -0.490 e. The average molecular weight is 191 g/mol. The third-order valence-corrected chi connectivity index (χ3v) is 1.65. The molecule has 0 spiro atoms. The molecular formula is C11H13NO2. The van der Waals surface area contributed by atoms with Crippen LogP contribution in [0.15, 0.2) is 24.3 Å². The van der Waals surface area contributed by atoms with Crippen molar-refractivity contribution in [2.24, 2.45) is 0 Å². The summed E-state index contributed by atoms with van der Waals surface area (Å²) in [6, 6.07) is 6.95. The lowest BCUT2D eigenvalue weighted by Crippen LogP contribution is -2.10. The lowest BCUT2D eigenvalue weighted by molar-refractivity contribution is 0.106. The number of para-hydroxylation sites is 1. The molecule has 0 amide bonds. The third kappa shape index (κ3) is 2.42. The van der Waals surface area contributed by atoms with Crippen LogP contribution in [-0.2, 0) is 0 Å². The molecule has 0 aliphatic rings. The van der Waals surface area contributed by atoms with Crippen molar-refractivity contribution in [2.45, 2.75) is 20.0 Å². The number of ketones is 1. The highest BCUT2D eigenvalue weighted by Gasteiger charge is 2.09. The van der Waals surface area contributed by atoms with Gasteiger partial charge in [-0.3, -0.25) is 4.79 Å². The number of nitrogens with one attached hydrogen (secondary N) is 1. The van der Waals surface area contributed by atoms with Crippen LogP contribution in [0.5, 0.6) is 5.75 Å². The van der Waals surface area contributed by atoms with Gasteiger partial charge in [-0.25, -0.2) is 0 Å². The van der Waals surface area contributed by atoms with E-state index in [-0.39, 0.29) is 11.9 Å². The second-order valence-corrected chi connectivity index (χ2v) is 3.17. The van der Waals surface area contributed by atoms with Gasteiger partial charge in [-0.15, -0.1) is 0 Å². The van der Waals surface area contributed by atoms with Gasteiger partial charge in [0.15, 0.2) is 0 Å². The first-order valence-corrected chi connectivity index (χ1v) is 4.45. The van der Waals surface area contributed by atoms with Crippen LogP contribution in [0, 0.1) is 5.41 Å². The van der Waals surface area contributed by atoms with Crippen molar-refractivity contribution >= 4 is 12.0 Å². The Morgan fingerprint density at radius 1 is 1.43 bits per heavy atom. The molecule has 74 valence electrons. The molecule has 1 aromatic rings. The largest absolute Gasteiger partial charge is 0.490 e. The van der Waals surface area contributed by atoms with Gasteiger partial charge in [0, 0.05) is 0 Å². The predicted molar refractivity (Wildman–Crippen MR) is 55.3 cm³/mol. The molecule has 1 N–H and O–H groups in total. The molecule has 0 saturated heterocycles. The molecule has 0 bridgehead atoms. The van der Waals surface area contributed by atoms with Gasteiger partial charge >= 0.3 is 0 Å². The molecule has 0 aliphatic carbocycles. The van der Waals surface area contributed by atoms with Gasteiger partial charge in [0.1, 0.15) is 5.75 Å². The van der Waals surface area contributed by atoms with Crippen LogP contribution in [0.25, 0.3) is 0 Å². The van der Waals surface area contributed by atoms with E-state index < -0.39 is 0 Å². The number of hydrogen-bond acceptors (Lipinski definition) is 3. The fourth-order valence-corrected chi connectivity index (χ4v) is 1.10. The number of benzene rings is 1. The highest BCUT2D eigenvalue weighted by molar-refractivity contribution is 6.35. The van der Waals surface area contributed by atoms with Gasteiger partial charge in [0.05, 0.1) is 17.9 Å². The van der Waals surface area contributed by atoms with Crippen LogP contribution in [0.3, 0.4) is 0 Å². The SMILES string of the molecule is CC(C)Oc1ccccc1C(=O)C=N. The minimum atomic E-state index is -0.332. The Kier molecular flexibility index (Phi) is 3.40. The van der Waals surface area contributed by atoms with Crippen molar-refractivity contribution in [3.63, 3.8) is 0 Å². The Morgan fingerprint density at radius 2 is 2.07 bits per heavy atom. The summed E-state index contributed by atoms with van der Waals surface area (Å²) in [6.45, 7) is 3.79. The quantitative estimate of drug-likeness (QED) is 0.586. The number of carbonyl (C=O) groups excluding carboxylic acids is 1. The fraction of sp³-hybridized carbons (Fsp3) is 0.273. The van der Waals surface area contributed by atoms with E-state index in [1.54, 1.807) is 24.3 Å². The molecule has 0 saturated carbocycles. The zero-order valence-corrected chi connectivity index (χ0v) is 8.28. The summed E-state index contributed by atoms with van der Waals surface area (Å²) in [5.74, 6) is 0.206. The first-order valence-electron chi connectivity index (χ1n) is 4.45. The smallest absolute Gasteiger partial charge is 0.206 e. The summed E-state index contributed by atoms with van der Waals surface area (Å²) >= 11 is 0. The van der Waals surface area contributed by atoms with Crippen LogP contribution in [0.4, 0.5) is 0 Å². The summed E-state index contributed by atoms with van der Waals surface area (Å²) in [5, 5.41) is 6.90. The number of ether oxygens (including phenoxy) is 1. The Morgan fingerprint density at radius 3 is 2.64 bits per heavy atom.